The van der Waals surface area contributed by atoms with Gasteiger partial charge in [0.25, 0.3) is 5.91 Å². The highest BCUT2D eigenvalue weighted by Crippen LogP contribution is 2.30. The lowest BCUT2D eigenvalue weighted by Gasteiger charge is -2.23. The molecule has 0 saturated carbocycles. The maximum atomic E-state index is 12.9. The summed E-state index contributed by atoms with van der Waals surface area (Å²) < 4.78 is 5.77. The van der Waals surface area contributed by atoms with Gasteiger partial charge in [0.05, 0.1) is 11.0 Å². The van der Waals surface area contributed by atoms with Crippen molar-refractivity contribution in [3.63, 3.8) is 0 Å². The topological polar surface area (TPSA) is 32.8 Å². The molecule has 1 aromatic rings. The Labute approximate surface area is 148 Å². The maximum Gasteiger partial charge on any atom is 0.263 e. The van der Waals surface area contributed by atoms with E-state index in [1.807, 2.05) is 0 Å². The number of aryl methyl sites for hydroxylation is 2. The third kappa shape index (κ3) is 3.68. The maximum absolute atomic E-state index is 12.9. The number of amides is 1. The SMILES string of the molecule is O=C(c1cc2c(s1)CCCC2)N1CCCN(CC2CCCO2)CC1. The Morgan fingerprint density at radius 3 is 2.88 bits per heavy atom. The van der Waals surface area contributed by atoms with Crippen LogP contribution in [0.15, 0.2) is 6.07 Å². The molecule has 1 aromatic heterocycles. The molecule has 0 radical (unpaired) electrons. The molecule has 3 heterocycles. The van der Waals surface area contributed by atoms with Crippen LogP contribution in [0.1, 0.15) is 52.2 Å². The van der Waals surface area contributed by atoms with Crippen LogP contribution in [-0.2, 0) is 17.6 Å². The molecule has 1 amide bonds. The predicted molar refractivity (Wildman–Crippen MR) is 96.9 cm³/mol. The average molecular weight is 349 g/mol. The first kappa shape index (κ1) is 16.6. The molecule has 0 bridgehead atoms. The van der Waals surface area contributed by atoms with Gasteiger partial charge in [0.2, 0.25) is 0 Å². The third-order valence-corrected chi connectivity index (χ3v) is 6.79. The van der Waals surface area contributed by atoms with E-state index in [-0.39, 0.29) is 5.91 Å². The lowest BCUT2D eigenvalue weighted by atomic mass is 9.99. The summed E-state index contributed by atoms with van der Waals surface area (Å²) in [5.41, 5.74) is 1.43. The first-order valence-electron chi connectivity index (χ1n) is 9.54. The van der Waals surface area contributed by atoms with Gasteiger partial charge in [-0.15, -0.1) is 11.3 Å². The standard InChI is InChI=1S/C19H28N2O2S/c22-19(18-13-15-5-1-2-7-17(15)24-18)21-9-4-8-20(10-11-21)14-16-6-3-12-23-16/h13,16H,1-12,14H2. The molecule has 2 saturated heterocycles. The second-order valence-electron chi connectivity index (χ2n) is 7.35. The summed E-state index contributed by atoms with van der Waals surface area (Å²) in [6.45, 7) is 5.78. The normalized spacial score (nSPS) is 25.5. The zero-order valence-electron chi connectivity index (χ0n) is 14.5. The van der Waals surface area contributed by atoms with Crippen molar-refractivity contribution < 1.29 is 9.53 Å². The van der Waals surface area contributed by atoms with Gasteiger partial charge in [0.1, 0.15) is 0 Å². The van der Waals surface area contributed by atoms with Crippen molar-refractivity contribution >= 4 is 17.2 Å². The molecule has 0 spiro atoms. The van der Waals surface area contributed by atoms with Crippen LogP contribution >= 0.6 is 11.3 Å². The van der Waals surface area contributed by atoms with Crippen LogP contribution in [-0.4, -0.2) is 61.1 Å². The Hall–Kier alpha value is -0.910. The molecule has 4 rings (SSSR count). The Balaban J connectivity index is 1.35. The van der Waals surface area contributed by atoms with Gasteiger partial charge in [-0.25, -0.2) is 0 Å². The predicted octanol–water partition coefficient (Wildman–Crippen LogP) is 2.95. The van der Waals surface area contributed by atoms with E-state index in [4.69, 9.17) is 4.74 Å². The van der Waals surface area contributed by atoms with Gasteiger partial charge in [0, 0.05) is 37.7 Å². The van der Waals surface area contributed by atoms with Gasteiger partial charge in [-0.3, -0.25) is 9.69 Å². The largest absolute Gasteiger partial charge is 0.377 e. The third-order valence-electron chi connectivity index (χ3n) is 5.57. The lowest BCUT2D eigenvalue weighted by Crippen LogP contribution is -2.37. The molecule has 132 valence electrons. The van der Waals surface area contributed by atoms with E-state index in [1.54, 1.807) is 11.3 Å². The Morgan fingerprint density at radius 2 is 2.04 bits per heavy atom. The highest BCUT2D eigenvalue weighted by Gasteiger charge is 2.25. The molecule has 2 fully saturated rings. The number of hydrogen-bond acceptors (Lipinski definition) is 4. The Morgan fingerprint density at radius 1 is 1.12 bits per heavy atom. The number of ether oxygens (including phenoxy) is 1. The quantitative estimate of drug-likeness (QED) is 0.842. The lowest BCUT2D eigenvalue weighted by molar-refractivity contribution is 0.0706. The summed E-state index contributed by atoms with van der Waals surface area (Å²) in [7, 11) is 0. The van der Waals surface area contributed by atoms with E-state index in [1.165, 1.54) is 42.5 Å². The smallest absolute Gasteiger partial charge is 0.263 e. The first-order chi connectivity index (χ1) is 11.8. The van der Waals surface area contributed by atoms with E-state index >= 15 is 0 Å². The van der Waals surface area contributed by atoms with Crippen LogP contribution in [0.4, 0.5) is 0 Å². The van der Waals surface area contributed by atoms with Crippen LogP contribution in [0, 0.1) is 0 Å². The van der Waals surface area contributed by atoms with Crippen molar-refractivity contribution in [3.05, 3.63) is 21.4 Å². The summed E-state index contributed by atoms with van der Waals surface area (Å²) in [4.78, 5) is 19.9. The average Bonchev–Trinajstić information content (AvgIpc) is 3.20. The minimum atomic E-state index is 0.258. The van der Waals surface area contributed by atoms with Crippen molar-refractivity contribution in [1.82, 2.24) is 9.80 Å². The number of hydrogen-bond donors (Lipinski definition) is 0. The Kier molecular flexibility index (Phi) is 5.20. The molecule has 3 aliphatic rings. The van der Waals surface area contributed by atoms with Gasteiger partial charge < -0.3 is 9.64 Å². The van der Waals surface area contributed by atoms with Crippen LogP contribution in [0.3, 0.4) is 0 Å². The minimum Gasteiger partial charge on any atom is -0.377 e. The van der Waals surface area contributed by atoms with E-state index < -0.39 is 0 Å². The van der Waals surface area contributed by atoms with E-state index in [0.717, 1.165) is 57.0 Å². The first-order valence-corrected chi connectivity index (χ1v) is 10.4. The molecule has 5 heteroatoms. The summed E-state index contributed by atoms with van der Waals surface area (Å²) in [6, 6.07) is 2.18. The molecular formula is C19H28N2O2S. The van der Waals surface area contributed by atoms with Gasteiger partial charge >= 0.3 is 0 Å². The van der Waals surface area contributed by atoms with Crippen molar-refractivity contribution in [2.24, 2.45) is 0 Å². The molecule has 0 N–H and O–H groups in total. The van der Waals surface area contributed by atoms with Crippen molar-refractivity contribution in [2.45, 2.75) is 51.0 Å². The Bertz CT molecular complexity index is 556. The van der Waals surface area contributed by atoms with Crippen LogP contribution in [0.25, 0.3) is 0 Å². The summed E-state index contributed by atoms with van der Waals surface area (Å²) >= 11 is 1.75. The number of fused-ring (bicyclic) bond motifs is 1. The molecule has 1 unspecified atom stereocenters. The van der Waals surface area contributed by atoms with Gasteiger partial charge in [-0.05, 0) is 63.1 Å². The fourth-order valence-electron chi connectivity index (χ4n) is 4.18. The summed E-state index contributed by atoms with van der Waals surface area (Å²) in [6.07, 6.45) is 8.77. The molecule has 1 atom stereocenters. The highest BCUT2D eigenvalue weighted by atomic mass is 32.1. The highest BCUT2D eigenvalue weighted by molar-refractivity contribution is 7.14. The van der Waals surface area contributed by atoms with Crippen LogP contribution < -0.4 is 0 Å². The number of thiophene rings is 1. The number of rotatable bonds is 3. The minimum absolute atomic E-state index is 0.258. The molecule has 24 heavy (non-hydrogen) atoms. The zero-order chi connectivity index (χ0) is 16.4. The van der Waals surface area contributed by atoms with E-state index in [0.29, 0.717) is 6.10 Å². The van der Waals surface area contributed by atoms with Gasteiger partial charge in [0.15, 0.2) is 0 Å². The fraction of sp³-hybridized carbons (Fsp3) is 0.737. The van der Waals surface area contributed by atoms with Gasteiger partial charge in [-0.2, -0.15) is 0 Å². The van der Waals surface area contributed by atoms with Crippen molar-refractivity contribution in [3.8, 4) is 0 Å². The van der Waals surface area contributed by atoms with E-state index in [9.17, 15) is 4.79 Å². The van der Waals surface area contributed by atoms with E-state index in [2.05, 4.69) is 15.9 Å². The number of carbonyl (C=O) groups is 1. The number of carbonyl (C=O) groups excluding carboxylic acids is 1. The number of nitrogens with zero attached hydrogens (tertiary/aromatic N) is 2. The van der Waals surface area contributed by atoms with Gasteiger partial charge in [-0.1, -0.05) is 0 Å². The molecule has 1 aliphatic carbocycles. The monoisotopic (exact) mass is 348 g/mol. The summed E-state index contributed by atoms with van der Waals surface area (Å²) in [5, 5.41) is 0. The van der Waals surface area contributed by atoms with Crippen molar-refractivity contribution in [1.29, 1.82) is 0 Å². The van der Waals surface area contributed by atoms with Crippen LogP contribution in [0.5, 0.6) is 0 Å². The molecule has 2 aliphatic heterocycles. The molecule has 0 aromatic carbocycles. The summed E-state index contributed by atoms with van der Waals surface area (Å²) in [5.74, 6) is 0.258. The van der Waals surface area contributed by atoms with Crippen molar-refractivity contribution in [2.75, 3.05) is 39.3 Å². The second kappa shape index (κ2) is 7.54. The second-order valence-corrected chi connectivity index (χ2v) is 8.48. The zero-order valence-corrected chi connectivity index (χ0v) is 15.3. The molecular weight excluding hydrogens is 320 g/mol. The van der Waals surface area contributed by atoms with Crippen LogP contribution in [0.2, 0.25) is 0 Å². The molecule has 4 nitrogen and oxygen atoms in total. The fourth-order valence-corrected chi connectivity index (χ4v) is 5.41.